The molecule has 0 aliphatic heterocycles. The molecule has 0 unspecified atom stereocenters. The summed E-state index contributed by atoms with van der Waals surface area (Å²) in [5.41, 5.74) is 0. The zero-order chi connectivity index (χ0) is 3.58. The Morgan fingerprint density at radius 1 is 1.00 bits per heavy atom. The number of hydrogen-bond acceptors (Lipinski definition) is 0. The first kappa shape index (κ1) is 11.5. The Bertz CT molecular complexity index is 11.6. The van der Waals surface area contributed by atoms with Gasteiger partial charge in [-0.15, -0.1) is 0 Å². The van der Waals surface area contributed by atoms with Crippen molar-refractivity contribution < 1.29 is 0 Å². The van der Waals surface area contributed by atoms with Gasteiger partial charge in [0, 0.05) is 68.9 Å². The van der Waals surface area contributed by atoms with Crippen LogP contribution in [0.25, 0.3) is 0 Å². The molecule has 0 nitrogen and oxygen atoms in total. The summed E-state index contributed by atoms with van der Waals surface area (Å²) in [4.78, 5) is 0. The summed E-state index contributed by atoms with van der Waals surface area (Å²) < 4.78 is 0. The molecule has 0 bridgehead atoms. The van der Waals surface area contributed by atoms with Crippen LogP contribution in [-0.2, 0) is 0 Å². The zero-order valence-electron chi connectivity index (χ0n) is 2.58. The van der Waals surface area contributed by atoms with E-state index in [1.807, 2.05) is 0 Å². The van der Waals surface area contributed by atoms with Gasteiger partial charge in [0.25, 0.3) is 0 Å². The third kappa shape index (κ3) is 18.2. The van der Waals surface area contributed by atoms with Crippen LogP contribution in [0.5, 0.6) is 0 Å². The van der Waals surface area contributed by atoms with Gasteiger partial charge in [-0.2, -0.15) is 0 Å². The van der Waals surface area contributed by atoms with Crippen molar-refractivity contribution in [3.8, 4) is 0 Å². The maximum atomic E-state index is 4.99. The number of hydrogen-bond donors (Lipinski definition) is 0. The smallest absolute Gasteiger partial charge is 0 e. The summed E-state index contributed by atoms with van der Waals surface area (Å²) in [6.07, 6.45) is 0. The van der Waals surface area contributed by atoms with Crippen molar-refractivity contribution >= 4 is 112 Å². The predicted molar refractivity (Wildman–Crippen MR) is 29.1 cm³/mol. The fourth-order valence-corrected chi connectivity index (χ4v) is 0. The first-order chi connectivity index (χ1) is 1.73. The van der Waals surface area contributed by atoms with Crippen LogP contribution in [0.4, 0.5) is 0 Å². The van der Waals surface area contributed by atoms with Crippen molar-refractivity contribution in [2.45, 2.75) is 0 Å². The molecule has 0 aliphatic rings. The second-order valence-corrected chi connectivity index (χ2v) is 11.6. The van der Waals surface area contributed by atoms with E-state index in [2.05, 4.69) is 0 Å². The van der Waals surface area contributed by atoms with Crippen molar-refractivity contribution in [1.29, 1.82) is 0 Å². The Hall–Kier alpha value is 3.74. The van der Waals surface area contributed by atoms with Crippen molar-refractivity contribution in [2.75, 3.05) is 0 Å². The molecule has 5 heteroatoms. The van der Waals surface area contributed by atoms with Gasteiger partial charge in [0.05, 0.1) is 0 Å². The van der Waals surface area contributed by atoms with Gasteiger partial charge < -0.3 is 0 Å². The third-order valence-electron chi connectivity index (χ3n) is 0. The maximum Gasteiger partial charge on any atom is 0 e. The van der Waals surface area contributed by atoms with Gasteiger partial charge in [0.15, 0.2) is 0 Å². The van der Waals surface area contributed by atoms with Crippen LogP contribution >= 0.6 is 26.5 Å². The summed E-state index contributed by atoms with van der Waals surface area (Å²) >= 11 is -2.03. The van der Waals surface area contributed by atoms with E-state index in [0.29, 0.717) is 0 Å². The van der Waals surface area contributed by atoms with Crippen LogP contribution in [0, 0.1) is 0 Å². The number of halogens is 3. The Morgan fingerprint density at radius 2 is 1.00 bits per heavy atom. The SMILES string of the molecule is [Cl][Sb]([Cl])[Cl].[Cs]. The summed E-state index contributed by atoms with van der Waals surface area (Å²) in [6.45, 7) is 0. The van der Waals surface area contributed by atoms with E-state index in [9.17, 15) is 0 Å². The Labute approximate surface area is 108 Å². The van der Waals surface area contributed by atoms with Crippen LogP contribution in [0.3, 0.4) is 0 Å². The Morgan fingerprint density at radius 3 is 1.00 bits per heavy atom. The van der Waals surface area contributed by atoms with E-state index in [0.717, 1.165) is 0 Å². The molecule has 0 rings (SSSR count). The van der Waals surface area contributed by atoms with Crippen LogP contribution in [0.15, 0.2) is 0 Å². The molecule has 0 spiro atoms. The number of rotatable bonds is 0. The van der Waals surface area contributed by atoms with E-state index in [-0.39, 0.29) is 68.9 Å². The van der Waals surface area contributed by atoms with Crippen LogP contribution < -0.4 is 0 Å². The van der Waals surface area contributed by atoms with E-state index >= 15 is 0 Å². The van der Waals surface area contributed by atoms with E-state index < -0.39 is 16.8 Å². The van der Waals surface area contributed by atoms with Gasteiger partial charge in [0.2, 0.25) is 0 Å². The first-order valence-corrected chi connectivity index (χ1v) is 10.2. The average molecular weight is 361 g/mol. The summed E-state index contributed by atoms with van der Waals surface area (Å²) in [6, 6.07) is 0. The molecule has 0 atom stereocenters. The largest absolute Gasteiger partial charge is 0 e. The molecule has 0 saturated heterocycles. The monoisotopic (exact) mass is 359 g/mol. The molecular weight excluding hydrogens is 361 g/mol. The summed E-state index contributed by atoms with van der Waals surface area (Å²) in [5, 5.41) is 0. The van der Waals surface area contributed by atoms with Gasteiger partial charge in [-0.3, -0.25) is 0 Å². The summed E-state index contributed by atoms with van der Waals surface area (Å²) in [7, 11) is 15.0. The van der Waals surface area contributed by atoms with Crippen molar-refractivity contribution in [1.82, 2.24) is 0 Å². The second kappa shape index (κ2) is 7.74. The van der Waals surface area contributed by atoms with Gasteiger partial charge >= 0.3 is 43.3 Å². The zero-order valence-corrected chi connectivity index (χ0v) is 13.7. The fourth-order valence-electron chi connectivity index (χ4n) is 0. The maximum absolute atomic E-state index is 4.99. The van der Waals surface area contributed by atoms with Crippen LogP contribution in [0.2, 0.25) is 0 Å². The molecule has 0 aromatic carbocycles. The fraction of sp³-hybridized carbons (Fsp3) is 0. The van der Waals surface area contributed by atoms with E-state index in [1.165, 1.54) is 0 Å². The second-order valence-electron chi connectivity index (χ2n) is 0.192. The first-order valence-electron chi connectivity index (χ1n) is 0.507. The van der Waals surface area contributed by atoms with Gasteiger partial charge in [-0.25, -0.2) is 0 Å². The molecule has 1 radical (unpaired) electrons. The molecule has 0 N–H and O–H groups in total. The molecule has 0 aromatic heterocycles. The van der Waals surface area contributed by atoms with Crippen molar-refractivity contribution in [2.24, 2.45) is 0 Å². The third-order valence-corrected chi connectivity index (χ3v) is 0. The topological polar surface area (TPSA) is 0 Å². The molecule has 5 heavy (non-hydrogen) atoms. The molecule has 0 fully saturated rings. The Balaban J connectivity index is 0. The molecule has 0 saturated carbocycles. The van der Waals surface area contributed by atoms with E-state index in [4.69, 9.17) is 26.5 Å². The average Bonchev–Trinajstić information content (AvgIpc) is 0.811. The quantitative estimate of drug-likeness (QED) is 0.571. The van der Waals surface area contributed by atoms with Gasteiger partial charge in [-0.05, 0) is 0 Å². The molecule has 0 amide bonds. The summed E-state index contributed by atoms with van der Waals surface area (Å²) in [5.74, 6) is 0. The minimum atomic E-state index is -2.03. The van der Waals surface area contributed by atoms with Crippen molar-refractivity contribution in [3.05, 3.63) is 0 Å². The van der Waals surface area contributed by atoms with Crippen LogP contribution in [-0.4, -0.2) is 85.7 Å². The molecular formula is Cl3CsSb. The normalized spacial score (nSPS) is 7.20. The molecule has 27 valence electrons. The van der Waals surface area contributed by atoms with Crippen molar-refractivity contribution in [3.63, 3.8) is 0 Å². The van der Waals surface area contributed by atoms with Gasteiger partial charge in [-0.1, -0.05) is 0 Å². The van der Waals surface area contributed by atoms with E-state index in [1.54, 1.807) is 0 Å². The standard InChI is InChI=1S/3ClH.Cs.Sb/h3*1H;;/q;;;;+3/p-3. The minimum absolute atomic E-state index is 0. The van der Waals surface area contributed by atoms with Crippen LogP contribution in [0.1, 0.15) is 0 Å². The molecule has 0 aromatic rings. The Kier molecular flexibility index (Phi) is 17.8. The molecule has 0 heterocycles. The molecule has 0 aliphatic carbocycles. The minimum Gasteiger partial charge on any atom is 0 e. The van der Waals surface area contributed by atoms with Gasteiger partial charge in [0.1, 0.15) is 0 Å². The predicted octanol–water partition coefficient (Wildman–Crippen LogP) is 1.31.